The maximum absolute atomic E-state index is 13.4. The Morgan fingerprint density at radius 1 is 1.02 bits per heavy atom. The third kappa shape index (κ3) is 5.22. The molecule has 0 saturated carbocycles. The Bertz CT molecular complexity index is 1660. The van der Waals surface area contributed by atoms with Gasteiger partial charge in [0.2, 0.25) is 0 Å². The van der Waals surface area contributed by atoms with Gasteiger partial charge in [-0.25, -0.2) is 4.98 Å². The molecule has 9 heteroatoms. The zero-order valence-electron chi connectivity index (χ0n) is 22.0. The topological polar surface area (TPSA) is 96.8 Å². The van der Waals surface area contributed by atoms with Crippen molar-refractivity contribution >= 4 is 55.6 Å². The number of aryl methyl sites for hydroxylation is 2. The first-order chi connectivity index (χ1) is 19.2. The van der Waals surface area contributed by atoms with Crippen molar-refractivity contribution in [3.8, 4) is 5.75 Å². The number of aromatic nitrogens is 1. The van der Waals surface area contributed by atoms with E-state index in [0.29, 0.717) is 34.1 Å². The number of carbonyl (C=O) groups excluding carboxylic acids is 3. The van der Waals surface area contributed by atoms with Gasteiger partial charge in [-0.2, -0.15) is 0 Å². The van der Waals surface area contributed by atoms with Crippen LogP contribution in [-0.4, -0.2) is 27.6 Å². The number of amides is 1. The highest BCUT2D eigenvalue weighted by Gasteiger charge is 2.48. The molecule has 0 radical (unpaired) electrons. The number of rotatable bonds is 7. The van der Waals surface area contributed by atoms with Gasteiger partial charge in [-0.05, 0) is 66.9 Å². The molecule has 1 N–H and O–H groups in total. The van der Waals surface area contributed by atoms with Gasteiger partial charge in [-0.15, -0.1) is 0 Å². The Labute approximate surface area is 243 Å². The Morgan fingerprint density at radius 3 is 2.33 bits per heavy atom. The van der Waals surface area contributed by atoms with Gasteiger partial charge in [0.25, 0.3) is 5.78 Å². The van der Waals surface area contributed by atoms with E-state index in [9.17, 15) is 19.5 Å². The largest absolute Gasteiger partial charge is 0.507 e. The molecule has 1 aromatic heterocycles. The van der Waals surface area contributed by atoms with Crippen LogP contribution in [-0.2, 0) is 16.2 Å². The highest BCUT2D eigenvalue weighted by atomic mass is 79.9. The summed E-state index contributed by atoms with van der Waals surface area (Å²) in [5.41, 5.74) is 3.58. The smallest absolute Gasteiger partial charge is 0.301 e. The van der Waals surface area contributed by atoms with Crippen molar-refractivity contribution in [2.45, 2.75) is 33.4 Å². The zero-order chi connectivity index (χ0) is 28.6. The Balaban J connectivity index is 1.53. The highest BCUT2D eigenvalue weighted by molar-refractivity contribution is 9.10. The summed E-state index contributed by atoms with van der Waals surface area (Å²) in [5, 5.41) is 11.6. The standard InChI is InChI=1S/C31H25BrN2O5S/c1-17-6-4-5-7-22(17)16-39-24-14-10-21(11-15-24)27(36)25-26(20-8-12-23(32)13-9-20)34(30(38)28(25)37)31-33-18(2)29(40-31)19(3)35/h4-15,26,36H,16H2,1-3H3/b27-25+. The summed E-state index contributed by atoms with van der Waals surface area (Å²) in [6.07, 6.45) is 0. The second kappa shape index (κ2) is 11.2. The Kier molecular flexibility index (Phi) is 7.69. The molecule has 3 aromatic carbocycles. The zero-order valence-corrected chi connectivity index (χ0v) is 24.4. The second-order valence-electron chi connectivity index (χ2n) is 9.43. The Morgan fingerprint density at radius 2 is 1.70 bits per heavy atom. The fourth-order valence-corrected chi connectivity index (χ4v) is 5.85. The molecular weight excluding hydrogens is 592 g/mol. The fourth-order valence-electron chi connectivity index (χ4n) is 4.60. The van der Waals surface area contributed by atoms with Crippen molar-refractivity contribution in [3.63, 3.8) is 0 Å². The molecule has 5 rings (SSSR count). The molecular formula is C31H25BrN2O5S. The van der Waals surface area contributed by atoms with E-state index in [2.05, 4.69) is 20.9 Å². The summed E-state index contributed by atoms with van der Waals surface area (Å²) in [4.78, 5) is 45.0. The predicted octanol–water partition coefficient (Wildman–Crippen LogP) is 6.93. The van der Waals surface area contributed by atoms with Gasteiger partial charge in [0.05, 0.1) is 22.2 Å². The van der Waals surface area contributed by atoms with Crippen LogP contribution in [0.2, 0.25) is 0 Å². The van der Waals surface area contributed by atoms with E-state index in [1.54, 1.807) is 55.5 Å². The quantitative estimate of drug-likeness (QED) is 0.105. The van der Waals surface area contributed by atoms with Crippen LogP contribution >= 0.6 is 27.3 Å². The first-order valence-electron chi connectivity index (χ1n) is 12.5. The summed E-state index contributed by atoms with van der Waals surface area (Å²) in [5.74, 6) is -1.54. The molecule has 7 nitrogen and oxygen atoms in total. The number of hydrogen-bond donors (Lipinski definition) is 1. The van der Waals surface area contributed by atoms with Crippen molar-refractivity contribution in [1.82, 2.24) is 4.98 Å². The number of ether oxygens (including phenoxy) is 1. The van der Waals surface area contributed by atoms with E-state index >= 15 is 0 Å². The van der Waals surface area contributed by atoms with E-state index in [1.165, 1.54) is 11.8 Å². The number of nitrogens with zero attached hydrogens (tertiary/aromatic N) is 2. The van der Waals surface area contributed by atoms with Gasteiger partial charge in [-0.3, -0.25) is 19.3 Å². The summed E-state index contributed by atoms with van der Waals surface area (Å²) in [6.45, 7) is 5.52. The maximum Gasteiger partial charge on any atom is 0.301 e. The van der Waals surface area contributed by atoms with Crippen LogP contribution in [0.1, 0.15) is 50.6 Å². The van der Waals surface area contributed by atoms with E-state index < -0.39 is 17.7 Å². The van der Waals surface area contributed by atoms with Crippen molar-refractivity contribution in [3.05, 3.63) is 116 Å². The van der Waals surface area contributed by atoms with Gasteiger partial charge in [0.15, 0.2) is 10.9 Å². The molecule has 1 amide bonds. The van der Waals surface area contributed by atoms with Gasteiger partial charge in [-0.1, -0.05) is 63.7 Å². The molecule has 2 heterocycles. The van der Waals surface area contributed by atoms with E-state index in [-0.39, 0.29) is 22.2 Å². The first-order valence-corrected chi connectivity index (χ1v) is 14.1. The van der Waals surface area contributed by atoms with Gasteiger partial charge in [0, 0.05) is 17.0 Å². The summed E-state index contributed by atoms with van der Waals surface area (Å²) in [7, 11) is 0. The SMILES string of the molecule is CC(=O)c1sc(N2C(=O)C(=O)/C(=C(/O)c3ccc(OCc4ccccc4C)cc3)C2c2ccc(Br)cc2)nc1C. The average molecular weight is 618 g/mol. The lowest BCUT2D eigenvalue weighted by atomic mass is 9.95. The number of halogens is 1. The molecule has 0 aliphatic carbocycles. The number of thiazole rings is 1. The van der Waals surface area contributed by atoms with Crippen LogP contribution in [0, 0.1) is 13.8 Å². The number of benzene rings is 3. The average Bonchev–Trinajstić information content (AvgIpc) is 3.45. The third-order valence-corrected chi connectivity index (χ3v) is 8.51. The lowest BCUT2D eigenvalue weighted by Crippen LogP contribution is -2.29. The van der Waals surface area contributed by atoms with E-state index in [1.807, 2.05) is 31.2 Å². The number of aliphatic hydroxyl groups excluding tert-OH is 1. The third-order valence-electron chi connectivity index (χ3n) is 6.72. The van der Waals surface area contributed by atoms with Crippen molar-refractivity contribution < 1.29 is 24.2 Å². The molecule has 1 atom stereocenters. The number of ketones is 2. The van der Waals surface area contributed by atoms with Crippen LogP contribution in [0.15, 0.2) is 82.8 Å². The van der Waals surface area contributed by atoms with Crippen LogP contribution in [0.3, 0.4) is 0 Å². The summed E-state index contributed by atoms with van der Waals surface area (Å²) in [6, 6.07) is 20.9. The molecule has 202 valence electrons. The van der Waals surface area contributed by atoms with Crippen LogP contribution in [0.25, 0.3) is 5.76 Å². The molecule has 1 saturated heterocycles. The Hall–Kier alpha value is -4.08. The van der Waals surface area contributed by atoms with E-state index in [4.69, 9.17) is 4.74 Å². The minimum atomic E-state index is -0.935. The van der Waals surface area contributed by atoms with E-state index in [0.717, 1.165) is 26.9 Å². The van der Waals surface area contributed by atoms with Gasteiger partial charge < -0.3 is 9.84 Å². The summed E-state index contributed by atoms with van der Waals surface area (Å²) < 4.78 is 6.73. The molecule has 1 aliphatic heterocycles. The normalized spacial score (nSPS) is 16.4. The van der Waals surface area contributed by atoms with Crippen LogP contribution in [0.5, 0.6) is 5.75 Å². The van der Waals surface area contributed by atoms with Crippen molar-refractivity contribution in [2.24, 2.45) is 0 Å². The van der Waals surface area contributed by atoms with Crippen LogP contribution < -0.4 is 9.64 Å². The van der Waals surface area contributed by atoms with Crippen molar-refractivity contribution in [1.29, 1.82) is 0 Å². The molecule has 4 aromatic rings. The minimum Gasteiger partial charge on any atom is -0.507 e. The lowest BCUT2D eigenvalue weighted by molar-refractivity contribution is -0.132. The number of hydrogen-bond acceptors (Lipinski definition) is 7. The summed E-state index contributed by atoms with van der Waals surface area (Å²) >= 11 is 4.47. The molecule has 1 unspecified atom stereocenters. The lowest BCUT2D eigenvalue weighted by Gasteiger charge is -2.23. The predicted molar refractivity (Wildman–Crippen MR) is 158 cm³/mol. The number of anilines is 1. The van der Waals surface area contributed by atoms with Crippen molar-refractivity contribution in [2.75, 3.05) is 4.90 Å². The van der Waals surface area contributed by atoms with Crippen LogP contribution in [0.4, 0.5) is 5.13 Å². The molecule has 1 aliphatic rings. The molecule has 1 fully saturated rings. The number of Topliss-reactive ketones (excluding diaryl/α,β-unsaturated/α-hetero) is 2. The van der Waals surface area contributed by atoms with Gasteiger partial charge >= 0.3 is 5.91 Å². The number of aliphatic hydroxyl groups is 1. The fraction of sp³-hybridized carbons (Fsp3) is 0.161. The first kappa shape index (κ1) is 27.5. The highest BCUT2D eigenvalue weighted by Crippen LogP contribution is 2.44. The number of carbonyl (C=O) groups is 3. The minimum absolute atomic E-state index is 0.0573. The molecule has 40 heavy (non-hydrogen) atoms. The molecule has 0 spiro atoms. The van der Waals surface area contributed by atoms with Gasteiger partial charge in [0.1, 0.15) is 18.1 Å². The monoisotopic (exact) mass is 616 g/mol. The maximum atomic E-state index is 13.4. The second-order valence-corrected chi connectivity index (χ2v) is 11.3. The molecule has 0 bridgehead atoms.